The maximum absolute atomic E-state index is 13.5. The van der Waals surface area contributed by atoms with E-state index >= 15 is 0 Å². The van der Waals surface area contributed by atoms with E-state index in [1.165, 1.54) is 0 Å². The van der Waals surface area contributed by atoms with Gasteiger partial charge in [0.05, 0.1) is 37.7 Å². The van der Waals surface area contributed by atoms with Crippen molar-refractivity contribution >= 4 is 28.7 Å². The Hall–Kier alpha value is -4.21. The number of fused-ring (bicyclic) bond motifs is 1. The number of para-hydroxylation sites is 1. The van der Waals surface area contributed by atoms with E-state index in [9.17, 15) is 14.4 Å². The third kappa shape index (κ3) is 12.4. The van der Waals surface area contributed by atoms with Gasteiger partial charge in [-0.1, -0.05) is 60.7 Å². The summed E-state index contributed by atoms with van der Waals surface area (Å²) in [6.45, 7) is 8.20. The van der Waals surface area contributed by atoms with E-state index < -0.39 is 12.0 Å². The second-order valence-electron chi connectivity index (χ2n) is 11.1. The Kier molecular flexibility index (Phi) is 15.6. The molecule has 1 heterocycles. The third-order valence-corrected chi connectivity index (χ3v) is 7.59. The molecule has 0 bridgehead atoms. The number of aliphatic hydroxyl groups excluding tert-OH is 1. The standard InChI is InChI=1S/C36H47N3O6/c1-3-5-7-15-29(22-27-13-8-6-9-14-27)36(43)45-26-31(23-30-25-38-33-17-11-10-16-32(30)33)39-35(42)28(12-4-2)24-34(41)37-18-20-44-21-19-40/h3-4,6,8-11,13-14,16-17,25,28-29,31,38,40H,1-2,5,7,12,15,18-24,26H2,(H,37,41)(H,39,42)/t28-,29-,31+/m1/s1. The fourth-order valence-electron chi connectivity index (χ4n) is 5.26. The number of hydrogen-bond donors (Lipinski definition) is 4. The predicted octanol–water partition coefficient (Wildman–Crippen LogP) is 4.66. The molecular formula is C36H47N3O6. The van der Waals surface area contributed by atoms with Gasteiger partial charge < -0.3 is 30.2 Å². The molecule has 45 heavy (non-hydrogen) atoms. The van der Waals surface area contributed by atoms with Gasteiger partial charge in [0.15, 0.2) is 0 Å². The van der Waals surface area contributed by atoms with E-state index in [4.69, 9.17) is 14.6 Å². The van der Waals surface area contributed by atoms with Crippen LogP contribution in [0.3, 0.4) is 0 Å². The highest BCUT2D eigenvalue weighted by atomic mass is 16.5. The highest BCUT2D eigenvalue weighted by Gasteiger charge is 2.26. The summed E-state index contributed by atoms with van der Waals surface area (Å²) in [5.41, 5.74) is 3.02. The molecule has 2 aromatic carbocycles. The molecule has 9 nitrogen and oxygen atoms in total. The molecular weight excluding hydrogens is 570 g/mol. The highest BCUT2D eigenvalue weighted by Crippen LogP contribution is 2.21. The Morgan fingerprint density at radius 3 is 2.49 bits per heavy atom. The number of amides is 2. The summed E-state index contributed by atoms with van der Waals surface area (Å²) >= 11 is 0. The number of carbonyl (C=O) groups is 3. The van der Waals surface area contributed by atoms with E-state index in [0.29, 0.717) is 25.7 Å². The van der Waals surface area contributed by atoms with Crippen molar-refractivity contribution in [3.05, 3.63) is 97.2 Å². The zero-order valence-electron chi connectivity index (χ0n) is 26.0. The maximum atomic E-state index is 13.5. The Balaban J connectivity index is 1.71. The van der Waals surface area contributed by atoms with Gasteiger partial charge in [-0.15, -0.1) is 13.2 Å². The van der Waals surface area contributed by atoms with E-state index in [2.05, 4.69) is 28.8 Å². The molecule has 0 aliphatic carbocycles. The van der Waals surface area contributed by atoms with Crippen molar-refractivity contribution < 1.29 is 29.0 Å². The minimum Gasteiger partial charge on any atom is -0.463 e. The average molecular weight is 618 g/mol. The van der Waals surface area contributed by atoms with E-state index in [1.807, 2.05) is 66.9 Å². The first kappa shape index (κ1) is 35.3. The van der Waals surface area contributed by atoms with Gasteiger partial charge in [-0.2, -0.15) is 0 Å². The van der Waals surface area contributed by atoms with E-state index in [0.717, 1.165) is 34.9 Å². The first-order valence-electron chi connectivity index (χ1n) is 15.7. The molecule has 0 unspecified atom stereocenters. The SMILES string of the molecule is C=CCCC[C@H](Cc1ccccc1)C(=O)OC[C@H](Cc1c[nH]c2ccccc12)NC(=O)[C@H](CC=C)CC(=O)NCCOCCO. The number of esters is 1. The minimum atomic E-state index is -0.647. The van der Waals surface area contributed by atoms with Crippen molar-refractivity contribution in [2.24, 2.45) is 11.8 Å². The third-order valence-electron chi connectivity index (χ3n) is 7.59. The molecule has 4 N–H and O–H groups in total. The number of aliphatic hydroxyl groups is 1. The van der Waals surface area contributed by atoms with Crippen molar-refractivity contribution in [1.82, 2.24) is 15.6 Å². The van der Waals surface area contributed by atoms with Gasteiger partial charge >= 0.3 is 5.97 Å². The number of unbranched alkanes of at least 4 members (excludes halogenated alkanes) is 1. The lowest BCUT2D eigenvalue weighted by Gasteiger charge is -2.23. The molecule has 1 aromatic heterocycles. The van der Waals surface area contributed by atoms with E-state index in [-0.39, 0.29) is 63.1 Å². The normalized spacial score (nSPS) is 13.0. The summed E-state index contributed by atoms with van der Waals surface area (Å²) in [5.74, 6) is -1.87. The molecule has 0 aliphatic rings. The zero-order chi connectivity index (χ0) is 32.3. The lowest BCUT2D eigenvalue weighted by molar-refractivity contribution is -0.150. The van der Waals surface area contributed by atoms with Crippen LogP contribution in [0, 0.1) is 11.8 Å². The van der Waals surface area contributed by atoms with Crippen LogP contribution in [0.2, 0.25) is 0 Å². The molecule has 0 spiro atoms. The fraction of sp³-hybridized carbons (Fsp3) is 0.417. The van der Waals surface area contributed by atoms with Crippen molar-refractivity contribution in [1.29, 1.82) is 0 Å². The van der Waals surface area contributed by atoms with Gasteiger partial charge in [-0.05, 0) is 55.7 Å². The van der Waals surface area contributed by atoms with Crippen LogP contribution in [-0.4, -0.2) is 66.9 Å². The first-order valence-corrected chi connectivity index (χ1v) is 15.7. The van der Waals surface area contributed by atoms with Crippen LogP contribution in [-0.2, 0) is 36.7 Å². The van der Waals surface area contributed by atoms with Crippen LogP contribution in [0.1, 0.15) is 43.2 Å². The molecule has 0 saturated carbocycles. The number of H-pyrrole nitrogens is 1. The first-order chi connectivity index (χ1) is 21.9. The van der Waals surface area contributed by atoms with Crippen molar-refractivity contribution in [2.45, 2.75) is 51.0 Å². The van der Waals surface area contributed by atoms with Crippen LogP contribution in [0.4, 0.5) is 0 Å². The number of nitrogens with one attached hydrogen (secondary N) is 3. The van der Waals surface area contributed by atoms with Crippen molar-refractivity contribution in [2.75, 3.05) is 33.0 Å². The highest BCUT2D eigenvalue weighted by molar-refractivity contribution is 5.86. The molecule has 0 aliphatic heterocycles. The Labute approximate surface area is 266 Å². The lowest BCUT2D eigenvalue weighted by atomic mass is 9.94. The number of benzene rings is 2. The smallest absolute Gasteiger partial charge is 0.309 e. The monoisotopic (exact) mass is 617 g/mol. The summed E-state index contributed by atoms with van der Waals surface area (Å²) in [5, 5.41) is 15.7. The van der Waals surface area contributed by atoms with Crippen molar-refractivity contribution in [3.8, 4) is 0 Å². The summed E-state index contributed by atoms with van der Waals surface area (Å²) in [4.78, 5) is 42.8. The summed E-state index contributed by atoms with van der Waals surface area (Å²) < 4.78 is 11.1. The van der Waals surface area contributed by atoms with E-state index in [1.54, 1.807) is 6.08 Å². The summed E-state index contributed by atoms with van der Waals surface area (Å²) in [6.07, 6.45) is 8.96. The summed E-state index contributed by atoms with van der Waals surface area (Å²) in [6, 6.07) is 17.3. The Morgan fingerprint density at radius 1 is 0.956 bits per heavy atom. The van der Waals surface area contributed by atoms with Gasteiger partial charge in [0.1, 0.15) is 6.61 Å². The Bertz CT molecular complexity index is 1360. The number of carbonyl (C=O) groups excluding carboxylic acids is 3. The molecule has 0 radical (unpaired) electrons. The Morgan fingerprint density at radius 2 is 1.73 bits per heavy atom. The van der Waals surface area contributed by atoms with Crippen molar-refractivity contribution in [3.63, 3.8) is 0 Å². The lowest BCUT2D eigenvalue weighted by Crippen LogP contribution is -2.44. The molecule has 2 amide bonds. The van der Waals surface area contributed by atoms with Crippen LogP contribution in [0.15, 0.2) is 86.1 Å². The quantitative estimate of drug-likeness (QED) is 0.0738. The van der Waals surface area contributed by atoms with Gasteiger partial charge in [0, 0.05) is 30.1 Å². The average Bonchev–Trinajstić information content (AvgIpc) is 3.45. The largest absolute Gasteiger partial charge is 0.463 e. The fourth-order valence-corrected chi connectivity index (χ4v) is 5.26. The topological polar surface area (TPSA) is 130 Å². The molecule has 0 fully saturated rings. The van der Waals surface area contributed by atoms with Crippen LogP contribution >= 0.6 is 0 Å². The van der Waals surface area contributed by atoms with Gasteiger partial charge in [-0.3, -0.25) is 14.4 Å². The number of aromatic amines is 1. The number of hydrogen-bond acceptors (Lipinski definition) is 6. The van der Waals surface area contributed by atoms with Crippen LogP contribution in [0.5, 0.6) is 0 Å². The van der Waals surface area contributed by atoms with Crippen LogP contribution < -0.4 is 10.6 Å². The number of ether oxygens (including phenoxy) is 2. The second-order valence-corrected chi connectivity index (χ2v) is 11.1. The second kappa shape index (κ2) is 19.9. The molecule has 3 aromatic rings. The molecule has 242 valence electrons. The molecule has 3 rings (SSSR count). The molecule has 9 heteroatoms. The summed E-state index contributed by atoms with van der Waals surface area (Å²) in [7, 11) is 0. The predicted molar refractivity (Wildman–Crippen MR) is 176 cm³/mol. The molecule has 3 atom stereocenters. The maximum Gasteiger partial charge on any atom is 0.309 e. The van der Waals surface area contributed by atoms with Gasteiger partial charge in [-0.25, -0.2) is 0 Å². The van der Waals surface area contributed by atoms with Crippen LogP contribution in [0.25, 0.3) is 10.9 Å². The number of aromatic nitrogens is 1. The number of rotatable bonds is 22. The van der Waals surface area contributed by atoms with Gasteiger partial charge in [0.2, 0.25) is 11.8 Å². The van der Waals surface area contributed by atoms with Gasteiger partial charge in [0.25, 0.3) is 0 Å². The number of allylic oxidation sites excluding steroid dienone is 2. The zero-order valence-corrected chi connectivity index (χ0v) is 26.0. The minimum absolute atomic E-state index is 0.00791. The molecule has 0 saturated heterocycles.